The van der Waals surface area contributed by atoms with Gasteiger partial charge in [-0.2, -0.15) is 0 Å². The van der Waals surface area contributed by atoms with Crippen molar-refractivity contribution >= 4 is 92.8 Å². The van der Waals surface area contributed by atoms with Crippen molar-refractivity contribution in [2.24, 2.45) is 5.41 Å². The zero-order chi connectivity index (χ0) is 14.4. The second kappa shape index (κ2) is 4.07. The molecule has 3 rings (SSSR count). The summed E-state index contributed by atoms with van der Waals surface area (Å²) in [5, 5.41) is 0.148. The Morgan fingerprint density at radius 2 is 1.44 bits per heavy atom. The largest absolute Gasteiger partial charge is 0.176 e. The molecule has 0 saturated heterocycles. The highest BCUT2D eigenvalue weighted by Crippen LogP contribution is 2.84. The number of allylic oxidation sites excluding steroid dienone is 2. The van der Waals surface area contributed by atoms with Crippen LogP contribution >= 0.6 is 92.8 Å². The van der Waals surface area contributed by atoms with Crippen molar-refractivity contribution in [3.8, 4) is 0 Å². The van der Waals surface area contributed by atoms with E-state index in [2.05, 4.69) is 0 Å². The molecule has 2 bridgehead atoms. The Bertz CT molecular complexity index is 455. The topological polar surface area (TPSA) is 0 Å². The molecule has 0 aromatic rings. The lowest BCUT2D eigenvalue weighted by Crippen LogP contribution is -2.89. The van der Waals surface area contributed by atoms with Gasteiger partial charge in [0, 0.05) is 11.3 Å². The van der Waals surface area contributed by atoms with E-state index < -0.39 is 23.8 Å². The van der Waals surface area contributed by atoms with Gasteiger partial charge in [0.2, 0.25) is 0 Å². The van der Waals surface area contributed by atoms with Gasteiger partial charge in [-0.05, 0) is 12.5 Å². The molecule has 1 fully saturated rings. The molecule has 3 atom stereocenters. The lowest BCUT2D eigenvalue weighted by atomic mass is 9.46. The summed E-state index contributed by atoms with van der Waals surface area (Å²) < 4.78 is -3.25. The first-order valence-electron chi connectivity index (χ1n) is 4.94. The van der Waals surface area contributed by atoms with Crippen molar-refractivity contribution in [3.63, 3.8) is 0 Å². The van der Waals surface area contributed by atoms with Crippen LogP contribution in [0.15, 0.2) is 10.6 Å². The molecule has 0 amide bonds. The maximum Gasteiger partial charge on any atom is 0.176 e. The molecule has 3 aliphatic carbocycles. The molecule has 18 heavy (non-hydrogen) atoms. The van der Waals surface area contributed by atoms with Gasteiger partial charge < -0.3 is 0 Å². The van der Waals surface area contributed by atoms with E-state index in [0.29, 0.717) is 5.57 Å². The predicted octanol–water partition coefficient (Wildman–Crippen LogP) is 6.07. The van der Waals surface area contributed by atoms with E-state index in [1.165, 1.54) is 0 Å². The minimum absolute atomic E-state index is 0.0872. The van der Waals surface area contributed by atoms with Crippen LogP contribution in [-0.4, -0.2) is 24.3 Å². The fraction of sp³-hybridized carbons (Fsp3) is 0.800. The second-order valence-electron chi connectivity index (χ2n) is 4.87. The summed E-state index contributed by atoms with van der Waals surface area (Å²) in [5.74, 6) is 0.0872. The first kappa shape index (κ1) is 16.4. The van der Waals surface area contributed by atoms with E-state index in [-0.39, 0.29) is 10.9 Å². The molecule has 0 aromatic heterocycles. The third-order valence-corrected chi connectivity index (χ3v) is 10.1. The van der Waals surface area contributed by atoms with Crippen molar-refractivity contribution < 1.29 is 0 Å². The Kier molecular flexibility index (Phi) is 3.72. The molecular weight excluding hydrogens is 404 g/mol. The van der Waals surface area contributed by atoms with Crippen molar-refractivity contribution in [3.05, 3.63) is 10.6 Å². The summed E-state index contributed by atoms with van der Waals surface area (Å²) in [5.41, 5.74) is -0.411. The van der Waals surface area contributed by atoms with E-state index in [0.717, 1.165) is 0 Å². The number of hydrogen-bond donors (Lipinski definition) is 0. The summed E-state index contributed by atoms with van der Waals surface area (Å²) in [4.78, 5) is -2.70. The number of hydrogen-bond acceptors (Lipinski definition) is 0. The van der Waals surface area contributed by atoms with Crippen LogP contribution < -0.4 is 0 Å². The Morgan fingerprint density at radius 1 is 1.00 bits per heavy atom. The van der Waals surface area contributed by atoms with Gasteiger partial charge in [-0.25, -0.2) is 0 Å². The van der Waals surface area contributed by atoms with Gasteiger partial charge in [-0.1, -0.05) is 64.9 Å². The number of alkyl halides is 7. The fourth-order valence-corrected chi connectivity index (χ4v) is 7.50. The monoisotopic (exact) mass is 408 g/mol. The van der Waals surface area contributed by atoms with Gasteiger partial charge in [0.05, 0.1) is 5.03 Å². The lowest BCUT2D eigenvalue weighted by molar-refractivity contribution is 0.0246. The molecule has 0 N–H and O–H groups in total. The average molecular weight is 412 g/mol. The Labute approximate surface area is 146 Å². The van der Waals surface area contributed by atoms with Gasteiger partial charge in [0.15, 0.2) is 8.67 Å². The highest BCUT2D eigenvalue weighted by molar-refractivity contribution is 6.69. The molecule has 0 spiro atoms. The second-order valence-corrected chi connectivity index (χ2v) is 9.30. The average Bonchev–Trinajstić information content (AvgIpc) is 2.31. The lowest BCUT2D eigenvalue weighted by Gasteiger charge is -2.76. The van der Waals surface area contributed by atoms with Gasteiger partial charge in [0.1, 0.15) is 9.75 Å². The van der Waals surface area contributed by atoms with Crippen molar-refractivity contribution in [2.45, 2.75) is 32.3 Å². The zero-order valence-corrected chi connectivity index (χ0v) is 15.3. The third kappa shape index (κ3) is 1.20. The molecule has 3 unspecified atom stereocenters. The van der Waals surface area contributed by atoms with Crippen LogP contribution in [0.5, 0.6) is 0 Å². The first-order chi connectivity index (χ1) is 7.88. The molecule has 3 aliphatic rings. The Hall–Kier alpha value is 2.06. The molecule has 0 aliphatic heterocycles. The van der Waals surface area contributed by atoms with Crippen molar-refractivity contribution in [2.75, 3.05) is 5.88 Å². The molecule has 0 aromatic carbocycles. The van der Waals surface area contributed by atoms with Crippen LogP contribution in [-0.2, 0) is 0 Å². The summed E-state index contributed by atoms with van der Waals surface area (Å²) in [7, 11) is 0. The smallest absolute Gasteiger partial charge is 0.126 e. The summed E-state index contributed by atoms with van der Waals surface area (Å²) in [6.07, 6.45) is 0. The zero-order valence-electron chi connectivity index (χ0n) is 9.23. The Morgan fingerprint density at radius 3 is 1.83 bits per heavy atom. The van der Waals surface area contributed by atoms with Crippen LogP contribution in [0, 0.1) is 5.41 Å². The first-order valence-corrected chi connectivity index (χ1v) is 8.12. The maximum absolute atomic E-state index is 6.61. The summed E-state index contributed by atoms with van der Waals surface area (Å²) in [6, 6.07) is 0. The molecule has 0 radical (unpaired) electrons. The van der Waals surface area contributed by atoms with Gasteiger partial charge >= 0.3 is 0 Å². The number of halogens is 8. The quantitative estimate of drug-likeness (QED) is 0.459. The van der Waals surface area contributed by atoms with Crippen molar-refractivity contribution in [1.29, 1.82) is 0 Å². The molecule has 1 saturated carbocycles. The minimum atomic E-state index is -1.66. The molecule has 8 heteroatoms. The highest BCUT2D eigenvalue weighted by atomic mass is 35.5. The van der Waals surface area contributed by atoms with Gasteiger partial charge in [0.25, 0.3) is 0 Å². The van der Waals surface area contributed by atoms with E-state index in [1.54, 1.807) is 13.8 Å². The predicted molar refractivity (Wildman–Crippen MR) is 83.4 cm³/mol. The van der Waals surface area contributed by atoms with E-state index >= 15 is 0 Å². The van der Waals surface area contributed by atoms with Crippen LogP contribution in [0.2, 0.25) is 0 Å². The van der Waals surface area contributed by atoms with Crippen LogP contribution in [0.3, 0.4) is 0 Å². The van der Waals surface area contributed by atoms with Gasteiger partial charge in [-0.3, -0.25) is 0 Å². The number of fused-ring (bicyclic) bond motifs is 1. The molecule has 0 heterocycles. The van der Waals surface area contributed by atoms with Crippen LogP contribution in [0.4, 0.5) is 0 Å². The van der Waals surface area contributed by atoms with E-state index in [9.17, 15) is 0 Å². The molecule has 0 nitrogen and oxygen atoms in total. The van der Waals surface area contributed by atoms with Crippen molar-refractivity contribution in [1.82, 2.24) is 0 Å². The summed E-state index contributed by atoms with van der Waals surface area (Å²) >= 11 is 50.7. The molecule has 104 valence electrons. The SMILES string of the molecule is CC1=C(Cl)C(Cl)(Cl)C2(Cl)C(Cl)(Cl)C1(Cl)C2(C)CCl. The fourth-order valence-electron chi connectivity index (χ4n) is 3.02. The third-order valence-electron chi connectivity index (χ3n) is 4.21. The van der Waals surface area contributed by atoms with E-state index in [1.807, 2.05) is 0 Å². The minimum Gasteiger partial charge on any atom is -0.126 e. The standard InChI is InChI=1S/C10H8Cl8/c1-4-5(12)8(14,15)9(16)6(2,3-11)7(4,13)10(9,17)18/h3H2,1-2H3. The normalized spacial score (nSPS) is 49.0. The van der Waals surface area contributed by atoms with Crippen LogP contribution in [0.1, 0.15) is 13.8 Å². The number of rotatable bonds is 1. The van der Waals surface area contributed by atoms with Gasteiger partial charge in [-0.15, -0.1) is 34.8 Å². The van der Waals surface area contributed by atoms with Crippen LogP contribution in [0.25, 0.3) is 0 Å². The Balaban J connectivity index is 2.88. The molecular formula is C10H8Cl8. The summed E-state index contributed by atoms with van der Waals surface area (Å²) in [6.45, 7) is 3.42. The van der Waals surface area contributed by atoms with E-state index in [4.69, 9.17) is 92.8 Å². The highest BCUT2D eigenvalue weighted by Gasteiger charge is 2.93. The maximum atomic E-state index is 6.61.